The number of amides is 1. The molecule has 8 nitrogen and oxygen atoms in total. The zero-order valence-electron chi connectivity index (χ0n) is 17.0. The van der Waals surface area contributed by atoms with Crippen LogP contribution in [-0.4, -0.2) is 56.8 Å². The number of carboxylic acid groups (broad SMARTS) is 1. The second kappa shape index (κ2) is 7.98. The number of hydrogen-bond donors (Lipinski definition) is 1. The second-order valence-corrected chi connectivity index (χ2v) is 8.47. The molecule has 2 aromatic heterocycles. The van der Waals surface area contributed by atoms with Crippen molar-refractivity contribution in [2.24, 2.45) is 0 Å². The standard InChI is InChI=1S/C20H27FN4O4/c1-20(2,3)25(19(27)28)15-6-8-22(9-7-15)10-11-23-17-12-14(21)13-24(29)16(17)4-5-18(23)26/h4-5,12-13,15H,6-11H2,1-3H3,(H,27,28). The zero-order valence-corrected chi connectivity index (χ0v) is 17.0. The van der Waals surface area contributed by atoms with E-state index in [0.717, 1.165) is 6.20 Å². The van der Waals surface area contributed by atoms with Crippen LogP contribution >= 0.6 is 0 Å². The normalized spacial score (nSPS) is 16.3. The summed E-state index contributed by atoms with van der Waals surface area (Å²) in [5.41, 5.74) is -0.242. The SMILES string of the molecule is CC(C)(C)N(C(=O)O)C1CCN(CCn2c(=O)ccc3c2cc(F)c[n+]3[O-])CC1. The highest BCUT2D eigenvalue weighted by molar-refractivity contribution is 5.71. The Hall–Kier alpha value is -2.68. The van der Waals surface area contributed by atoms with E-state index in [1.807, 2.05) is 20.8 Å². The number of likely N-dealkylation sites (tertiary alicyclic amines) is 1. The number of rotatable bonds is 4. The lowest BCUT2D eigenvalue weighted by Gasteiger charge is -2.43. The van der Waals surface area contributed by atoms with E-state index in [2.05, 4.69) is 4.90 Å². The molecule has 1 saturated heterocycles. The van der Waals surface area contributed by atoms with Crippen LogP contribution in [0.5, 0.6) is 0 Å². The summed E-state index contributed by atoms with van der Waals surface area (Å²) in [5, 5.41) is 21.5. The Balaban J connectivity index is 1.69. The van der Waals surface area contributed by atoms with Gasteiger partial charge in [-0.05, 0) is 33.6 Å². The topological polar surface area (TPSA) is 92.7 Å². The molecule has 0 aliphatic carbocycles. The highest BCUT2D eigenvalue weighted by atomic mass is 19.1. The largest absolute Gasteiger partial charge is 0.618 e. The van der Waals surface area contributed by atoms with Crippen molar-refractivity contribution in [3.63, 3.8) is 0 Å². The third-order valence-electron chi connectivity index (χ3n) is 5.45. The van der Waals surface area contributed by atoms with Crippen LogP contribution in [0.25, 0.3) is 11.0 Å². The maximum atomic E-state index is 13.7. The van der Waals surface area contributed by atoms with Crippen LogP contribution in [0.15, 0.2) is 29.2 Å². The van der Waals surface area contributed by atoms with Gasteiger partial charge in [0.15, 0.2) is 5.82 Å². The molecule has 0 radical (unpaired) electrons. The summed E-state index contributed by atoms with van der Waals surface area (Å²) in [5.74, 6) is -0.691. The molecule has 0 saturated carbocycles. The molecular formula is C20H27FN4O4. The van der Waals surface area contributed by atoms with E-state index < -0.39 is 17.4 Å². The fourth-order valence-corrected chi connectivity index (χ4v) is 4.13. The number of carbonyl (C=O) groups is 1. The molecule has 29 heavy (non-hydrogen) atoms. The number of aromatic nitrogens is 2. The lowest BCUT2D eigenvalue weighted by molar-refractivity contribution is -0.578. The van der Waals surface area contributed by atoms with Gasteiger partial charge in [0.05, 0.1) is 0 Å². The number of hydrogen-bond acceptors (Lipinski definition) is 4. The molecule has 0 atom stereocenters. The summed E-state index contributed by atoms with van der Waals surface area (Å²) >= 11 is 0. The van der Waals surface area contributed by atoms with Crippen molar-refractivity contribution in [3.8, 4) is 0 Å². The Morgan fingerprint density at radius 2 is 1.97 bits per heavy atom. The van der Waals surface area contributed by atoms with Gasteiger partial charge < -0.3 is 24.7 Å². The Bertz CT molecular complexity index is 961. The minimum Gasteiger partial charge on any atom is -0.618 e. The first-order valence-corrected chi connectivity index (χ1v) is 9.75. The van der Waals surface area contributed by atoms with Gasteiger partial charge in [-0.2, -0.15) is 4.73 Å². The molecule has 0 aromatic carbocycles. The van der Waals surface area contributed by atoms with Crippen molar-refractivity contribution in [2.75, 3.05) is 19.6 Å². The third-order valence-corrected chi connectivity index (χ3v) is 5.45. The maximum absolute atomic E-state index is 13.7. The van der Waals surface area contributed by atoms with Gasteiger partial charge in [-0.15, -0.1) is 0 Å². The van der Waals surface area contributed by atoms with Gasteiger partial charge in [0, 0.05) is 56.0 Å². The van der Waals surface area contributed by atoms with Crippen LogP contribution < -0.4 is 10.3 Å². The summed E-state index contributed by atoms with van der Waals surface area (Å²) in [7, 11) is 0. The minimum atomic E-state index is -0.911. The monoisotopic (exact) mass is 406 g/mol. The molecule has 1 aliphatic rings. The van der Waals surface area contributed by atoms with Crippen LogP contribution in [0.3, 0.4) is 0 Å². The van der Waals surface area contributed by atoms with Gasteiger partial charge in [-0.25, -0.2) is 9.18 Å². The summed E-state index contributed by atoms with van der Waals surface area (Å²) in [6.45, 7) is 7.97. The highest BCUT2D eigenvalue weighted by Gasteiger charge is 2.35. The van der Waals surface area contributed by atoms with Crippen molar-refractivity contribution in [3.05, 3.63) is 45.8 Å². The minimum absolute atomic E-state index is 0.0439. The quantitative estimate of drug-likeness (QED) is 0.619. The van der Waals surface area contributed by atoms with E-state index in [-0.39, 0.29) is 22.6 Å². The fourth-order valence-electron chi connectivity index (χ4n) is 4.13. The van der Waals surface area contributed by atoms with E-state index in [1.165, 1.54) is 27.7 Å². The maximum Gasteiger partial charge on any atom is 0.407 e. The van der Waals surface area contributed by atoms with Gasteiger partial charge in [0.2, 0.25) is 11.7 Å². The summed E-state index contributed by atoms with van der Waals surface area (Å²) in [6, 6.07) is 3.87. The molecule has 3 heterocycles. The molecule has 3 rings (SSSR count). The molecule has 158 valence electrons. The Kier molecular flexibility index (Phi) is 5.79. The Morgan fingerprint density at radius 3 is 2.55 bits per heavy atom. The van der Waals surface area contributed by atoms with E-state index in [0.29, 0.717) is 43.8 Å². The van der Waals surface area contributed by atoms with Crippen LogP contribution in [-0.2, 0) is 6.54 Å². The molecule has 9 heteroatoms. The van der Waals surface area contributed by atoms with E-state index in [9.17, 15) is 24.3 Å². The number of halogens is 1. The van der Waals surface area contributed by atoms with Crippen molar-refractivity contribution in [1.29, 1.82) is 0 Å². The lowest BCUT2D eigenvalue weighted by Crippen LogP contribution is -2.54. The average molecular weight is 406 g/mol. The number of fused-ring (bicyclic) bond motifs is 1. The van der Waals surface area contributed by atoms with Gasteiger partial charge in [0.1, 0.15) is 5.52 Å². The number of piperidine rings is 1. The fraction of sp³-hybridized carbons (Fsp3) is 0.550. The summed E-state index contributed by atoms with van der Waals surface area (Å²) in [6.07, 6.45) is 1.35. The highest BCUT2D eigenvalue weighted by Crippen LogP contribution is 2.24. The Labute approximate surface area is 168 Å². The lowest BCUT2D eigenvalue weighted by atomic mass is 9.97. The smallest absolute Gasteiger partial charge is 0.407 e. The number of pyridine rings is 2. The Morgan fingerprint density at radius 1 is 1.31 bits per heavy atom. The van der Waals surface area contributed by atoms with Crippen LogP contribution in [0.1, 0.15) is 33.6 Å². The molecular weight excluding hydrogens is 379 g/mol. The predicted molar refractivity (Wildman–Crippen MR) is 106 cm³/mol. The first-order chi connectivity index (χ1) is 13.6. The van der Waals surface area contributed by atoms with Crippen molar-refractivity contribution in [2.45, 2.75) is 51.7 Å². The molecule has 0 bridgehead atoms. The van der Waals surface area contributed by atoms with Gasteiger partial charge in [-0.3, -0.25) is 4.79 Å². The van der Waals surface area contributed by atoms with Crippen LogP contribution in [0.4, 0.5) is 9.18 Å². The average Bonchev–Trinajstić information content (AvgIpc) is 2.60. The van der Waals surface area contributed by atoms with E-state index >= 15 is 0 Å². The molecule has 2 aromatic rings. The molecule has 1 amide bonds. The van der Waals surface area contributed by atoms with Gasteiger partial charge >= 0.3 is 6.09 Å². The molecule has 1 fully saturated rings. The van der Waals surface area contributed by atoms with Gasteiger partial charge in [0.25, 0.3) is 5.56 Å². The van der Waals surface area contributed by atoms with E-state index in [4.69, 9.17) is 0 Å². The first-order valence-electron chi connectivity index (χ1n) is 9.75. The van der Waals surface area contributed by atoms with Crippen LogP contribution in [0.2, 0.25) is 0 Å². The number of nitrogens with zero attached hydrogens (tertiary/aromatic N) is 4. The molecule has 1 N–H and O–H groups in total. The van der Waals surface area contributed by atoms with Crippen molar-refractivity contribution >= 4 is 17.1 Å². The summed E-state index contributed by atoms with van der Waals surface area (Å²) in [4.78, 5) is 27.6. The van der Waals surface area contributed by atoms with E-state index in [1.54, 1.807) is 0 Å². The van der Waals surface area contributed by atoms with Gasteiger partial charge in [-0.1, -0.05) is 0 Å². The molecule has 0 spiro atoms. The second-order valence-electron chi connectivity index (χ2n) is 8.47. The third kappa shape index (κ3) is 4.50. The molecule has 1 aliphatic heterocycles. The molecule has 0 unspecified atom stereocenters. The van der Waals surface area contributed by atoms with Crippen molar-refractivity contribution < 1.29 is 19.0 Å². The first kappa shape index (κ1) is 21.0. The predicted octanol–water partition coefficient (Wildman–Crippen LogP) is 2.02. The van der Waals surface area contributed by atoms with Crippen LogP contribution in [0, 0.1) is 11.0 Å². The zero-order chi connectivity index (χ0) is 21.3. The van der Waals surface area contributed by atoms with Crippen molar-refractivity contribution in [1.82, 2.24) is 14.4 Å². The summed E-state index contributed by atoms with van der Waals surface area (Å²) < 4.78 is 15.5.